The predicted octanol–water partition coefficient (Wildman–Crippen LogP) is 7.93. The average molecular weight is 577 g/mol. The van der Waals surface area contributed by atoms with E-state index in [0.29, 0.717) is 25.4 Å². The number of fused-ring (bicyclic) bond motifs is 2. The molecule has 0 saturated carbocycles. The predicted molar refractivity (Wildman–Crippen MR) is 172 cm³/mol. The van der Waals surface area contributed by atoms with Crippen LogP contribution in [0.3, 0.4) is 0 Å². The topological polar surface area (TPSA) is 65.0 Å². The van der Waals surface area contributed by atoms with Gasteiger partial charge in [-0.05, 0) is 75.9 Å². The summed E-state index contributed by atoms with van der Waals surface area (Å²) in [7, 11) is 1.41. The number of aryl methyl sites for hydroxylation is 1. The van der Waals surface area contributed by atoms with Gasteiger partial charge in [-0.2, -0.15) is 0 Å². The van der Waals surface area contributed by atoms with E-state index in [1.807, 2.05) is 24.3 Å². The average Bonchev–Trinajstić information content (AvgIpc) is 3.18. The molecule has 2 unspecified atom stereocenters. The number of rotatable bonds is 14. The van der Waals surface area contributed by atoms with Crippen LogP contribution in [0.4, 0.5) is 0 Å². The van der Waals surface area contributed by atoms with Crippen molar-refractivity contribution in [3.05, 3.63) is 136 Å². The molecule has 0 saturated heterocycles. The van der Waals surface area contributed by atoms with E-state index in [2.05, 4.69) is 85.8 Å². The molecule has 0 bridgehead atoms. The van der Waals surface area contributed by atoms with Crippen LogP contribution in [0, 0.1) is 0 Å². The fraction of sp³-hybridized carbons (Fsp3) is 0.289. The third-order valence-electron chi connectivity index (χ3n) is 7.92. The number of unbranched alkanes of at least 4 members (excludes halogenated alkanes) is 1. The van der Waals surface area contributed by atoms with E-state index in [0.717, 1.165) is 24.0 Å². The Morgan fingerprint density at radius 1 is 0.791 bits per heavy atom. The van der Waals surface area contributed by atoms with Gasteiger partial charge in [-0.15, -0.1) is 0 Å². The third-order valence-corrected chi connectivity index (χ3v) is 7.92. The number of carboxylic acids is 1. The molecule has 5 rings (SSSR count). The van der Waals surface area contributed by atoms with E-state index in [4.69, 9.17) is 14.2 Å². The normalized spacial score (nSPS) is 14.4. The van der Waals surface area contributed by atoms with Gasteiger partial charge in [0.05, 0.1) is 6.61 Å². The molecule has 1 N–H and O–H groups in total. The van der Waals surface area contributed by atoms with Crippen molar-refractivity contribution in [3.8, 4) is 5.75 Å². The van der Waals surface area contributed by atoms with Crippen LogP contribution in [-0.2, 0) is 33.5 Å². The maximum Gasteiger partial charge on any atom is 0.333 e. The number of hydrogen-bond donors (Lipinski definition) is 1. The minimum Gasteiger partial charge on any atom is -0.491 e. The summed E-state index contributed by atoms with van der Waals surface area (Å²) in [6.45, 7) is 3.04. The first-order valence-corrected chi connectivity index (χ1v) is 15.1. The van der Waals surface area contributed by atoms with Gasteiger partial charge in [0.1, 0.15) is 18.5 Å². The van der Waals surface area contributed by atoms with E-state index >= 15 is 0 Å². The second-order valence-electron chi connectivity index (χ2n) is 11.0. The van der Waals surface area contributed by atoms with Crippen LogP contribution in [0.2, 0.25) is 0 Å². The van der Waals surface area contributed by atoms with E-state index < -0.39 is 12.1 Å². The zero-order valence-electron chi connectivity index (χ0n) is 25.0. The third kappa shape index (κ3) is 8.01. The molecule has 0 amide bonds. The molecule has 0 fully saturated rings. The number of carboxylic acid groups (broad SMARTS) is 1. The molecule has 4 aromatic rings. The van der Waals surface area contributed by atoms with Crippen molar-refractivity contribution in [2.75, 3.05) is 20.3 Å². The second kappa shape index (κ2) is 14.8. The lowest BCUT2D eigenvalue weighted by Crippen LogP contribution is -2.24. The van der Waals surface area contributed by atoms with Crippen molar-refractivity contribution in [2.45, 2.75) is 51.2 Å². The molecular formula is C38H40O5. The zero-order valence-corrected chi connectivity index (χ0v) is 25.0. The fourth-order valence-electron chi connectivity index (χ4n) is 5.55. The Labute approximate surface area is 254 Å². The maximum absolute atomic E-state index is 11.3. The molecule has 4 aromatic carbocycles. The molecule has 1 aliphatic carbocycles. The molecule has 5 heteroatoms. The summed E-state index contributed by atoms with van der Waals surface area (Å²) in [4.78, 5) is 11.3. The van der Waals surface area contributed by atoms with Crippen molar-refractivity contribution in [1.82, 2.24) is 0 Å². The number of ether oxygens (including phenoxy) is 3. The summed E-state index contributed by atoms with van der Waals surface area (Å²) in [6, 6.07) is 31.5. The standard InChI is InChI=1S/C38H40O5/c1-3-4-8-28-13-19-34-31(24-28)15-16-32-25-30(23-27-9-6-5-7-10-27)14-20-35(32)37(34)43-22-21-42-33-17-11-29(12-18-33)26-36(41-2)38(39)40/h5-7,9-20,24-25,36-37H,3-4,8,21-23,26H2,1-2H3,(H,39,40). The van der Waals surface area contributed by atoms with Crippen LogP contribution in [-0.4, -0.2) is 37.5 Å². The van der Waals surface area contributed by atoms with E-state index in [-0.39, 0.29) is 6.10 Å². The molecular weight excluding hydrogens is 536 g/mol. The second-order valence-corrected chi connectivity index (χ2v) is 11.0. The van der Waals surface area contributed by atoms with Crippen LogP contribution < -0.4 is 4.74 Å². The Hall–Kier alpha value is -4.19. The maximum atomic E-state index is 11.3. The summed E-state index contributed by atoms with van der Waals surface area (Å²) in [5, 5.41) is 9.23. The van der Waals surface area contributed by atoms with Gasteiger partial charge in [-0.3, -0.25) is 0 Å². The molecule has 0 heterocycles. The smallest absolute Gasteiger partial charge is 0.333 e. The molecule has 43 heavy (non-hydrogen) atoms. The first-order valence-electron chi connectivity index (χ1n) is 15.1. The summed E-state index contributed by atoms with van der Waals surface area (Å²) in [5.74, 6) is -0.257. The Kier molecular flexibility index (Phi) is 10.4. The number of hydrogen-bond acceptors (Lipinski definition) is 4. The summed E-state index contributed by atoms with van der Waals surface area (Å²) in [6.07, 6.45) is 8.00. The van der Waals surface area contributed by atoms with Gasteiger partial charge in [0, 0.05) is 13.5 Å². The van der Waals surface area contributed by atoms with Crippen molar-refractivity contribution >= 4 is 18.1 Å². The Balaban J connectivity index is 1.30. The summed E-state index contributed by atoms with van der Waals surface area (Å²) < 4.78 is 17.6. The Bertz CT molecular complexity index is 1520. The van der Waals surface area contributed by atoms with Crippen molar-refractivity contribution in [2.24, 2.45) is 0 Å². The molecule has 222 valence electrons. The summed E-state index contributed by atoms with van der Waals surface area (Å²) >= 11 is 0. The van der Waals surface area contributed by atoms with Gasteiger partial charge < -0.3 is 19.3 Å². The van der Waals surface area contributed by atoms with Gasteiger partial charge in [-0.1, -0.05) is 104 Å². The van der Waals surface area contributed by atoms with Crippen LogP contribution in [0.1, 0.15) is 70.4 Å². The van der Waals surface area contributed by atoms with E-state index in [9.17, 15) is 9.90 Å². The molecule has 0 spiro atoms. The molecule has 0 aliphatic heterocycles. The summed E-state index contributed by atoms with van der Waals surface area (Å²) in [5.41, 5.74) is 9.50. The number of benzene rings is 4. The molecule has 0 aromatic heterocycles. The lowest BCUT2D eigenvalue weighted by atomic mass is 9.92. The number of aliphatic carboxylic acids is 1. The molecule has 2 atom stereocenters. The fourth-order valence-corrected chi connectivity index (χ4v) is 5.55. The molecule has 5 nitrogen and oxygen atoms in total. The van der Waals surface area contributed by atoms with Gasteiger partial charge in [0.25, 0.3) is 0 Å². The molecule has 0 radical (unpaired) electrons. The lowest BCUT2D eigenvalue weighted by Gasteiger charge is -2.22. The number of carbonyl (C=O) groups is 1. The van der Waals surface area contributed by atoms with Crippen LogP contribution in [0.5, 0.6) is 5.75 Å². The van der Waals surface area contributed by atoms with Gasteiger partial charge >= 0.3 is 5.97 Å². The van der Waals surface area contributed by atoms with Crippen LogP contribution in [0.15, 0.2) is 91.0 Å². The van der Waals surface area contributed by atoms with Crippen LogP contribution in [0.25, 0.3) is 12.2 Å². The SMILES string of the molecule is CCCCc1ccc2c(c1)C=Cc1cc(Cc3ccccc3)ccc1C2OCCOc1ccc(CC(OC)C(=O)O)cc1. The monoisotopic (exact) mass is 576 g/mol. The van der Waals surface area contributed by atoms with Crippen molar-refractivity contribution < 1.29 is 24.1 Å². The largest absolute Gasteiger partial charge is 0.491 e. The minimum atomic E-state index is -0.971. The van der Waals surface area contributed by atoms with Gasteiger partial charge in [0.15, 0.2) is 6.10 Å². The molecule has 1 aliphatic rings. The first kappa shape index (κ1) is 30.3. The van der Waals surface area contributed by atoms with Crippen molar-refractivity contribution in [1.29, 1.82) is 0 Å². The highest BCUT2D eigenvalue weighted by molar-refractivity contribution is 5.77. The van der Waals surface area contributed by atoms with E-state index in [1.54, 1.807) is 0 Å². The Morgan fingerprint density at radius 2 is 1.44 bits per heavy atom. The quantitative estimate of drug-likeness (QED) is 0.154. The number of methoxy groups -OCH3 is 1. The minimum absolute atomic E-state index is 0.209. The van der Waals surface area contributed by atoms with E-state index in [1.165, 1.54) is 53.3 Å². The van der Waals surface area contributed by atoms with Crippen LogP contribution >= 0.6 is 0 Å². The highest BCUT2D eigenvalue weighted by Gasteiger charge is 2.23. The lowest BCUT2D eigenvalue weighted by molar-refractivity contribution is -0.148. The first-order chi connectivity index (χ1) is 21.0. The van der Waals surface area contributed by atoms with Gasteiger partial charge in [0.2, 0.25) is 0 Å². The highest BCUT2D eigenvalue weighted by atomic mass is 16.5. The van der Waals surface area contributed by atoms with Crippen molar-refractivity contribution in [3.63, 3.8) is 0 Å². The Morgan fingerprint density at radius 3 is 2.09 bits per heavy atom. The van der Waals surface area contributed by atoms with Gasteiger partial charge in [-0.25, -0.2) is 4.79 Å². The highest BCUT2D eigenvalue weighted by Crippen LogP contribution is 2.37. The zero-order chi connectivity index (χ0) is 30.0.